The number of thiophene rings is 1. The lowest BCUT2D eigenvalue weighted by molar-refractivity contribution is 0.0702. The molecule has 2 aromatic rings. The number of carboxylic acids is 1. The third kappa shape index (κ3) is 1.66. The van der Waals surface area contributed by atoms with Crippen molar-refractivity contribution in [2.45, 2.75) is 6.92 Å². The highest BCUT2D eigenvalue weighted by Crippen LogP contribution is 2.27. The van der Waals surface area contributed by atoms with Crippen LogP contribution in [0.5, 0.6) is 0 Å². The Labute approximate surface area is 87.9 Å². The lowest BCUT2D eigenvalue weighted by atomic mass is 10.3. The van der Waals surface area contributed by atoms with Crippen LogP contribution in [0.25, 0.3) is 10.6 Å². The molecule has 0 aliphatic rings. The Morgan fingerprint density at radius 3 is 2.79 bits per heavy atom. The second-order valence-corrected chi connectivity index (χ2v) is 4.72. The Hall–Kier alpha value is -1.27. The van der Waals surface area contributed by atoms with Gasteiger partial charge in [-0.15, -0.1) is 21.5 Å². The SMILES string of the molecule is Cc1nnc(-c2csc(C(=O)O)c2)s1. The summed E-state index contributed by atoms with van der Waals surface area (Å²) in [5, 5.41) is 20.0. The van der Waals surface area contributed by atoms with E-state index < -0.39 is 5.97 Å². The van der Waals surface area contributed by atoms with Crippen molar-refractivity contribution in [1.82, 2.24) is 10.2 Å². The first-order valence-electron chi connectivity index (χ1n) is 3.79. The normalized spacial score (nSPS) is 10.4. The molecule has 0 aromatic carbocycles. The molecule has 1 N–H and O–H groups in total. The number of hydrogen-bond donors (Lipinski definition) is 1. The van der Waals surface area contributed by atoms with Gasteiger partial charge in [0.25, 0.3) is 0 Å². The van der Waals surface area contributed by atoms with Crippen molar-refractivity contribution < 1.29 is 9.90 Å². The number of rotatable bonds is 2. The Balaban J connectivity index is 2.38. The summed E-state index contributed by atoms with van der Waals surface area (Å²) in [5.41, 5.74) is 0.831. The standard InChI is InChI=1S/C8H6N2O2S2/c1-4-9-10-7(14-4)5-2-6(8(11)12)13-3-5/h2-3H,1H3,(H,11,12). The Bertz CT molecular complexity index is 475. The molecule has 0 atom stereocenters. The van der Waals surface area contributed by atoms with Crippen molar-refractivity contribution >= 4 is 28.6 Å². The molecule has 0 fully saturated rings. The molecule has 0 saturated carbocycles. The predicted molar refractivity (Wildman–Crippen MR) is 54.9 cm³/mol. The van der Waals surface area contributed by atoms with Crippen LogP contribution in [0, 0.1) is 6.92 Å². The van der Waals surface area contributed by atoms with Crippen LogP contribution in [0.15, 0.2) is 11.4 Å². The third-order valence-electron chi connectivity index (χ3n) is 1.58. The van der Waals surface area contributed by atoms with E-state index in [2.05, 4.69) is 10.2 Å². The van der Waals surface area contributed by atoms with Crippen LogP contribution in [0.3, 0.4) is 0 Å². The van der Waals surface area contributed by atoms with Crippen LogP contribution in [0.2, 0.25) is 0 Å². The zero-order valence-electron chi connectivity index (χ0n) is 7.22. The van der Waals surface area contributed by atoms with Crippen molar-refractivity contribution in [3.05, 3.63) is 21.3 Å². The largest absolute Gasteiger partial charge is 0.477 e. The number of carbonyl (C=O) groups is 1. The molecule has 2 rings (SSSR count). The van der Waals surface area contributed by atoms with Gasteiger partial charge in [0, 0.05) is 10.9 Å². The number of aromatic nitrogens is 2. The molecular formula is C8H6N2O2S2. The van der Waals surface area contributed by atoms with Gasteiger partial charge in [-0.1, -0.05) is 11.3 Å². The summed E-state index contributed by atoms with van der Waals surface area (Å²) in [4.78, 5) is 11.0. The Morgan fingerprint density at radius 1 is 1.50 bits per heavy atom. The smallest absolute Gasteiger partial charge is 0.345 e. The minimum atomic E-state index is -0.900. The minimum absolute atomic E-state index is 0.327. The van der Waals surface area contributed by atoms with Gasteiger partial charge in [0.1, 0.15) is 14.9 Å². The monoisotopic (exact) mass is 226 g/mol. The van der Waals surface area contributed by atoms with E-state index in [4.69, 9.17) is 5.11 Å². The Morgan fingerprint density at radius 2 is 2.29 bits per heavy atom. The van der Waals surface area contributed by atoms with Gasteiger partial charge in [-0.3, -0.25) is 0 Å². The molecule has 0 spiro atoms. The number of hydrogen-bond acceptors (Lipinski definition) is 5. The Kier molecular flexibility index (Phi) is 2.30. The fourth-order valence-electron chi connectivity index (χ4n) is 0.974. The predicted octanol–water partition coefficient (Wildman–Crippen LogP) is 2.27. The fraction of sp³-hybridized carbons (Fsp3) is 0.125. The molecule has 6 heteroatoms. The third-order valence-corrected chi connectivity index (χ3v) is 3.39. The molecule has 14 heavy (non-hydrogen) atoms. The molecule has 0 bridgehead atoms. The maximum atomic E-state index is 10.6. The van der Waals surface area contributed by atoms with Crippen LogP contribution in [0.1, 0.15) is 14.7 Å². The van der Waals surface area contributed by atoms with Gasteiger partial charge >= 0.3 is 5.97 Å². The molecule has 2 aromatic heterocycles. The summed E-state index contributed by atoms with van der Waals surface area (Å²) in [6.07, 6.45) is 0. The second-order valence-electron chi connectivity index (χ2n) is 2.63. The van der Waals surface area contributed by atoms with Crippen LogP contribution in [-0.2, 0) is 0 Å². The molecule has 72 valence electrons. The van der Waals surface area contributed by atoms with E-state index in [9.17, 15) is 4.79 Å². The summed E-state index contributed by atoms with van der Waals surface area (Å²) in [5.74, 6) is -0.900. The highest BCUT2D eigenvalue weighted by molar-refractivity contribution is 7.16. The van der Waals surface area contributed by atoms with Crippen molar-refractivity contribution in [1.29, 1.82) is 0 Å². The van der Waals surface area contributed by atoms with E-state index in [0.29, 0.717) is 4.88 Å². The maximum Gasteiger partial charge on any atom is 0.345 e. The van der Waals surface area contributed by atoms with Gasteiger partial charge in [-0.2, -0.15) is 0 Å². The molecule has 0 amide bonds. The summed E-state index contributed by atoms with van der Waals surface area (Å²) in [6.45, 7) is 1.87. The van der Waals surface area contributed by atoms with Gasteiger partial charge in [-0.05, 0) is 13.0 Å². The highest BCUT2D eigenvalue weighted by atomic mass is 32.1. The lowest BCUT2D eigenvalue weighted by Gasteiger charge is -1.84. The molecular weight excluding hydrogens is 220 g/mol. The molecule has 4 nitrogen and oxygen atoms in total. The summed E-state index contributed by atoms with van der Waals surface area (Å²) in [6, 6.07) is 1.62. The number of nitrogens with zero attached hydrogens (tertiary/aromatic N) is 2. The molecule has 0 saturated heterocycles. The van der Waals surface area contributed by atoms with E-state index in [1.54, 1.807) is 11.4 Å². The van der Waals surface area contributed by atoms with Crippen LogP contribution in [-0.4, -0.2) is 21.3 Å². The molecule has 0 aliphatic carbocycles. The van der Waals surface area contributed by atoms with Crippen molar-refractivity contribution in [2.24, 2.45) is 0 Å². The average Bonchev–Trinajstić information content (AvgIpc) is 2.70. The summed E-state index contributed by atoms with van der Waals surface area (Å²) < 4.78 is 0. The first-order valence-corrected chi connectivity index (χ1v) is 5.49. The minimum Gasteiger partial charge on any atom is -0.477 e. The zero-order valence-corrected chi connectivity index (χ0v) is 8.85. The molecule has 0 radical (unpaired) electrons. The van der Waals surface area contributed by atoms with Crippen LogP contribution < -0.4 is 0 Å². The number of carboxylic acid groups (broad SMARTS) is 1. The summed E-state index contributed by atoms with van der Waals surface area (Å²) in [7, 11) is 0. The molecule has 2 heterocycles. The number of aromatic carboxylic acids is 1. The average molecular weight is 226 g/mol. The van der Waals surface area contributed by atoms with Crippen molar-refractivity contribution in [3.8, 4) is 10.6 Å². The zero-order chi connectivity index (χ0) is 10.1. The van der Waals surface area contributed by atoms with Gasteiger partial charge in [-0.25, -0.2) is 4.79 Å². The quantitative estimate of drug-likeness (QED) is 0.853. The molecule has 0 aliphatic heterocycles. The van der Waals surface area contributed by atoms with E-state index >= 15 is 0 Å². The van der Waals surface area contributed by atoms with E-state index in [1.807, 2.05) is 6.92 Å². The maximum absolute atomic E-state index is 10.6. The number of aryl methyl sites for hydroxylation is 1. The van der Waals surface area contributed by atoms with Crippen molar-refractivity contribution in [2.75, 3.05) is 0 Å². The lowest BCUT2D eigenvalue weighted by Crippen LogP contribution is -1.89. The highest BCUT2D eigenvalue weighted by Gasteiger charge is 2.10. The van der Waals surface area contributed by atoms with Gasteiger partial charge in [0.15, 0.2) is 0 Å². The second kappa shape index (κ2) is 3.47. The van der Waals surface area contributed by atoms with E-state index in [-0.39, 0.29) is 0 Å². The van der Waals surface area contributed by atoms with E-state index in [0.717, 1.165) is 15.6 Å². The topological polar surface area (TPSA) is 63.1 Å². The van der Waals surface area contributed by atoms with Crippen molar-refractivity contribution in [3.63, 3.8) is 0 Å². The van der Waals surface area contributed by atoms with Gasteiger partial charge < -0.3 is 5.11 Å². The van der Waals surface area contributed by atoms with Crippen LogP contribution >= 0.6 is 22.7 Å². The van der Waals surface area contributed by atoms with E-state index in [1.165, 1.54) is 22.7 Å². The summed E-state index contributed by atoms with van der Waals surface area (Å²) >= 11 is 2.66. The first-order chi connectivity index (χ1) is 6.66. The first kappa shape index (κ1) is 9.29. The molecule has 0 unspecified atom stereocenters. The van der Waals surface area contributed by atoms with Crippen LogP contribution in [0.4, 0.5) is 0 Å². The fourth-order valence-corrected chi connectivity index (χ4v) is 2.46. The van der Waals surface area contributed by atoms with Gasteiger partial charge in [0.05, 0.1) is 0 Å². The van der Waals surface area contributed by atoms with Gasteiger partial charge in [0.2, 0.25) is 0 Å².